The minimum atomic E-state index is -0.552. The van der Waals surface area contributed by atoms with Crippen molar-refractivity contribution in [3.8, 4) is 0 Å². The molecule has 0 spiro atoms. The van der Waals surface area contributed by atoms with E-state index in [2.05, 4.69) is 42.6 Å². The maximum Gasteiger partial charge on any atom is 0.261 e. The predicted octanol–water partition coefficient (Wildman–Crippen LogP) is 3.91. The molecule has 0 bridgehead atoms. The second-order valence-corrected chi connectivity index (χ2v) is 7.18. The van der Waals surface area contributed by atoms with Crippen LogP contribution in [0.25, 0.3) is 10.1 Å². The molecule has 3 aromatic rings. The highest BCUT2D eigenvalue weighted by Gasteiger charge is 2.18. The summed E-state index contributed by atoms with van der Waals surface area (Å²) >= 11 is 1.51. The second-order valence-electron chi connectivity index (χ2n) is 6.13. The first kappa shape index (κ1) is 16.7. The third-order valence-electron chi connectivity index (χ3n) is 3.96. The van der Waals surface area contributed by atoms with Crippen molar-refractivity contribution in [2.24, 2.45) is 0 Å². The van der Waals surface area contributed by atoms with Crippen LogP contribution >= 0.6 is 11.3 Å². The van der Waals surface area contributed by atoms with Gasteiger partial charge in [0, 0.05) is 11.2 Å². The van der Waals surface area contributed by atoms with Crippen LogP contribution in [0.5, 0.6) is 0 Å². The largest absolute Gasteiger partial charge is 0.392 e. The van der Waals surface area contributed by atoms with Gasteiger partial charge in [0.1, 0.15) is 0 Å². The topological polar surface area (TPSA) is 49.3 Å². The molecule has 1 heterocycles. The van der Waals surface area contributed by atoms with E-state index in [0.717, 1.165) is 26.9 Å². The summed E-state index contributed by atoms with van der Waals surface area (Å²) in [6.07, 6.45) is 0.172. The SMILES string of the molecule is Cc1ccc(Cc2c(C(=O)NCC(C)O)sc3ccccc23)cc1. The Labute approximate surface area is 146 Å². The van der Waals surface area contributed by atoms with Gasteiger partial charge in [-0.05, 0) is 42.8 Å². The Morgan fingerprint density at radius 2 is 1.88 bits per heavy atom. The molecule has 3 rings (SSSR count). The summed E-state index contributed by atoms with van der Waals surface area (Å²) in [5.41, 5.74) is 3.47. The van der Waals surface area contributed by atoms with Crippen LogP contribution in [0.4, 0.5) is 0 Å². The summed E-state index contributed by atoms with van der Waals surface area (Å²) in [6, 6.07) is 16.5. The Bertz CT molecular complexity index is 850. The third kappa shape index (κ3) is 3.66. The van der Waals surface area contributed by atoms with Crippen LogP contribution < -0.4 is 5.32 Å². The average Bonchev–Trinajstić information content (AvgIpc) is 2.93. The van der Waals surface area contributed by atoms with Gasteiger partial charge in [-0.25, -0.2) is 0 Å². The normalized spacial score (nSPS) is 12.3. The molecule has 4 heteroatoms. The maximum atomic E-state index is 12.6. The average molecular weight is 339 g/mol. The number of thiophene rings is 1. The standard InChI is InChI=1S/C20H21NO2S/c1-13-7-9-15(10-8-13)11-17-16-5-3-4-6-18(16)24-19(17)20(23)21-12-14(2)22/h3-10,14,22H,11-12H2,1-2H3,(H,21,23). The van der Waals surface area contributed by atoms with E-state index in [1.165, 1.54) is 22.5 Å². The van der Waals surface area contributed by atoms with Crippen LogP contribution in [0.2, 0.25) is 0 Å². The van der Waals surface area contributed by atoms with E-state index in [4.69, 9.17) is 0 Å². The van der Waals surface area contributed by atoms with Crippen molar-refractivity contribution in [3.05, 3.63) is 70.1 Å². The highest BCUT2D eigenvalue weighted by Crippen LogP contribution is 2.33. The van der Waals surface area contributed by atoms with Crippen LogP contribution in [0.3, 0.4) is 0 Å². The van der Waals surface area contributed by atoms with Gasteiger partial charge in [0.05, 0.1) is 11.0 Å². The van der Waals surface area contributed by atoms with Crippen molar-refractivity contribution in [1.82, 2.24) is 5.32 Å². The summed E-state index contributed by atoms with van der Waals surface area (Å²) in [7, 11) is 0. The number of benzene rings is 2. The van der Waals surface area contributed by atoms with Gasteiger partial charge in [-0.2, -0.15) is 0 Å². The molecule has 1 aromatic heterocycles. The molecule has 0 radical (unpaired) electrons. The number of amides is 1. The predicted molar refractivity (Wildman–Crippen MR) is 99.8 cm³/mol. The molecule has 1 atom stereocenters. The van der Waals surface area contributed by atoms with Crippen molar-refractivity contribution < 1.29 is 9.90 Å². The zero-order valence-corrected chi connectivity index (χ0v) is 14.7. The summed E-state index contributed by atoms with van der Waals surface area (Å²) in [5, 5.41) is 13.4. The van der Waals surface area contributed by atoms with Gasteiger partial charge >= 0.3 is 0 Å². The van der Waals surface area contributed by atoms with Crippen molar-refractivity contribution in [3.63, 3.8) is 0 Å². The lowest BCUT2D eigenvalue weighted by Gasteiger charge is -2.08. The van der Waals surface area contributed by atoms with Gasteiger partial charge in [-0.3, -0.25) is 4.79 Å². The summed E-state index contributed by atoms with van der Waals surface area (Å²) in [4.78, 5) is 13.3. The Morgan fingerprint density at radius 1 is 1.17 bits per heavy atom. The van der Waals surface area contributed by atoms with Crippen LogP contribution in [0, 0.1) is 6.92 Å². The molecule has 2 N–H and O–H groups in total. The smallest absolute Gasteiger partial charge is 0.261 e. The Kier molecular flexibility index (Phi) is 4.97. The quantitative estimate of drug-likeness (QED) is 0.740. The first-order valence-corrected chi connectivity index (χ1v) is 8.88. The van der Waals surface area contributed by atoms with Crippen LogP contribution in [-0.4, -0.2) is 23.7 Å². The van der Waals surface area contributed by atoms with E-state index < -0.39 is 6.10 Å². The fourth-order valence-corrected chi connectivity index (χ4v) is 3.83. The number of aliphatic hydroxyl groups is 1. The van der Waals surface area contributed by atoms with Gasteiger partial charge in [0.15, 0.2) is 0 Å². The number of hydrogen-bond acceptors (Lipinski definition) is 3. The lowest BCUT2D eigenvalue weighted by Crippen LogP contribution is -2.30. The second kappa shape index (κ2) is 7.16. The number of carbonyl (C=O) groups is 1. The molecule has 0 fully saturated rings. The van der Waals surface area contributed by atoms with Crippen molar-refractivity contribution >= 4 is 27.3 Å². The van der Waals surface area contributed by atoms with Crippen LogP contribution in [0.15, 0.2) is 48.5 Å². The molecule has 0 saturated carbocycles. The van der Waals surface area contributed by atoms with Gasteiger partial charge < -0.3 is 10.4 Å². The minimum Gasteiger partial charge on any atom is -0.392 e. The Balaban J connectivity index is 1.98. The highest BCUT2D eigenvalue weighted by atomic mass is 32.1. The van der Waals surface area contributed by atoms with E-state index in [9.17, 15) is 9.90 Å². The van der Waals surface area contributed by atoms with Gasteiger partial charge in [-0.1, -0.05) is 48.0 Å². The van der Waals surface area contributed by atoms with Gasteiger partial charge in [0.2, 0.25) is 0 Å². The molecule has 0 aliphatic carbocycles. The number of nitrogens with one attached hydrogen (secondary N) is 1. The Hall–Kier alpha value is -2.17. The van der Waals surface area contributed by atoms with Crippen molar-refractivity contribution in [2.45, 2.75) is 26.4 Å². The summed E-state index contributed by atoms with van der Waals surface area (Å²) in [5.74, 6) is -0.112. The van der Waals surface area contributed by atoms with Gasteiger partial charge in [0.25, 0.3) is 5.91 Å². The fraction of sp³-hybridized carbons (Fsp3) is 0.250. The molecule has 2 aromatic carbocycles. The molecule has 1 unspecified atom stereocenters. The van der Waals surface area contributed by atoms with E-state index in [1.807, 2.05) is 18.2 Å². The minimum absolute atomic E-state index is 0.112. The zero-order valence-electron chi connectivity index (χ0n) is 13.9. The molecular weight excluding hydrogens is 318 g/mol. The summed E-state index contributed by atoms with van der Waals surface area (Å²) in [6.45, 7) is 3.99. The molecular formula is C20H21NO2S. The zero-order chi connectivity index (χ0) is 17.1. The van der Waals surface area contributed by atoms with E-state index >= 15 is 0 Å². The van der Waals surface area contributed by atoms with E-state index in [1.54, 1.807) is 6.92 Å². The Morgan fingerprint density at radius 3 is 2.58 bits per heavy atom. The van der Waals surface area contributed by atoms with Crippen LogP contribution in [0.1, 0.15) is 33.3 Å². The molecule has 0 saturated heterocycles. The maximum absolute atomic E-state index is 12.6. The lowest BCUT2D eigenvalue weighted by molar-refractivity contribution is 0.0927. The highest BCUT2D eigenvalue weighted by molar-refractivity contribution is 7.21. The fourth-order valence-electron chi connectivity index (χ4n) is 2.69. The molecule has 3 nitrogen and oxygen atoms in total. The first-order valence-electron chi connectivity index (χ1n) is 8.07. The molecule has 124 valence electrons. The van der Waals surface area contributed by atoms with Crippen molar-refractivity contribution in [1.29, 1.82) is 0 Å². The monoisotopic (exact) mass is 339 g/mol. The molecule has 1 amide bonds. The summed E-state index contributed by atoms with van der Waals surface area (Å²) < 4.78 is 1.11. The van der Waals surface area contributed by atoms with Crippen LogP contribution in [-0.2, 0) is 6.42 Å². The number of rotatable bonds is 5. The molecule has 0 aliphatic rings. The van der Waals surface area contributed by atoms with E-state index in [-0.39, 0.29) is 12.5 Å². The number of aliphatic hydroxyl groups excluding tert-OH is 1. The lowest BCUT2D eigenvalue weighted by atomic mass is 10.0. The first-order chi connectivity index (χ1) is 11.5. The van der Waals surface area contributed by atoms with E-state index in [0.29, 0.717) is 0 Å². The molecule has 24 heavy (non-hydrogen) atoms. The number of aryl methyl sites for hydroxylation is 1. The number of hydrogen-bond donors (Lipinski definition) is 2. The molecule has 0 aliphatic heterocycles. The van der Waals surface area contributed by atoms with Crippen molar-refractivity contribution in [2.75, 3.05) is 6.54 Å². The number of fused-ring (bicyclic) bond motifs is 1. The van der Waals surface area contributed by atoms with Gasteiger partial charge in [-0.15, -0.1) is 11.3 Å². The third-order valence-corrected chi connectivity index (χ3v) is 5.18. The number of carbonyl (C=O) groups excluding carboxylic acids is 1.